The van der Waals surface area contributed by atoms with E-state index in [-0.39, 0.29) is 6.03 Å². The first kappa shape index (κ1) is 12.4. The summed E-state index contributed by atoms with van der Waals surface area (Å²) in [4.78, 5) is 26.4. The van der Waals surface area contributed by atoms with E-state index in [0.717, 1.165) is 5.69 Å². The number of aliphatic carboxylic acids is 1. The molecule has 0 saturated carbocycles. The van der Waals surface area contributed by atoms with Crippen LogP contribution in [0.5, 0.6) is 0 Å². The van der Waals surface area contributed by atoms with Gasteiger partial charge in [0.1, 0.15) is 5.54 Å². The average molecular weight is 248 g/mol. The van der Waals surface area contributed by atoms with Crippen LogP contribution in [0.1, 0.15) is 13.8 Å². The van der Waals surface area contributed by atoms with Crippen molar-refractivity contribution in [1.82, 2.24) is 4.90 Å². The highest BCUT2D eigenvalue weighted by atomic mass is 16.4. The van der Waals surface area contributed by atoms with E-state index in [2.05, 4.69) is 0 Å². The molecule has 0 aliphatic carbocycles. The van der Waals surface area contributed by atoms with Crippen LogP contribution in [0.4, 0.5) is 10.5 Å². The van der Waals surface area contributed by atoms with E-state index < -0.39 is 11.5 Å². The maximum absolute atomic E-state index is 12.2. The van der Waals surface area contributed by atoms with E-state index in [0.29, 0.717) is 13.1 Å². The van der Waals surface area contributed by atoms with Gasteiger partial charge < -0.3 is 10.0 Å². The van der Waals surface area contributed by atoms with Gasteiger partial charge in [0.05, 0.1) is 0 Å². The molecule has 5 nitrogen and oxygen atoms in total. The fraction of sp³-hybridized carbons (Fsp3) is 0.385. The van der Waals surface area contributed by atoms with E-state index in [1.54, 1.807) is 18.7 Å². The molecule has 1 heterocycles. The van der Waals surface area contributed by atoms with Gasteiger partial charge in [-0.3, -0.25) is 4.90 Å². The fourth-order valence-corrected chi connectivity index (χ4v) is 2.02. The lowest BCUT2D eigenvalue weighted by molar-refractivity contribution is -0.147. The molecule has 1 aromatic rings. The molecule has 2 rings (SSSR count). The molecule has 1 N–H and O–H groups in total. The van der Waals surface area contributed by atoms with Gasteiger partial charge in [-0.25, -0.2) is 9.59 Å². The monoisotopic (exact) mass is 248 g/mol. The second-order valence-corrected chi connectivity index (χ2v) is 4.79. The Labute approximate surface area is 106 Å². The van der Waals surface area contributed by atoms with Crippen molar-refractivity contribution in [2.24, 2.45) is 0 Å². The van der Waals surface area contributed by atoms with Crippen molar-refractivity contribution in [3.8, 4) is 0 Å². The quantitative estimate of drug-likeness (QED) is 0.887. The number of benzene rings is 1. The maximum atomic E-state index is 12.2. The summed E-state index contributed by atoms with van der Waals surface area (Å²) in [5, 5.41) is 9.16. The number of urea groups is 1. The third kappa shape index (κ3) is 1.92. The van der Waals surface area contributed by atoms with Crippen LogP contribution in [0.25, 0.3) is 0 Å². The summed E-state index contributed by atoms with van der Waals surface area (Å²) >= 11 is 0. The highest BCUT2D eigenvalue weighted by molar-refractivity contribution is 5.97. The van der Waals surface area contributed by atoms with Gasteiger partial charge in [-0.15, -0.1) is 0 Å². The van der Waals surface area contributed by atoms with Crippen LogP contribution in [-0.4, -0.2) is 40.6 Å². The Morgan fingerprint density at radius 2 is 1.83 bits per heavy atom. The molecule has 96 valence electrons. The number of carboxylic acid groups (broad SMARTS) is 1. The highest BCUT2D eigenvalue weighted by Gasteiger charge is 2.43. The van der Waals surface area contributed by atoms with E-state index in [1.807, 2.05) is 30.3 Å². The summed E-state index contributed by atoms with van der Waals surface area (Å²) < 4.78 is 0. The smallest absolute Gasteiger partial charge is 0.329 e. The molecule has 5 heteroatoms. The lowest BCUT2D eigenvalue weighted by Crippen LogP contribution is -2.51. The molecule has 1 fully saturated rings. The first-order chi connectivity index (χ1) is 8.44. The van der Waals surface area contributed by atoms with Crippen LogP contribution in [0.15, 0.2) is 30.3 Å². The van der Waals surface area contributed by atoms with Crippen molar-refractivity contribution in [2.75, 3.05) is 18.0 Å². The number of hydrogen-bond donors (Lipinski definition) is 1. The van der Waals surface area contributed by atoms with Crippen molar-refractivity contribution in [3.05, 3.63) is 30.3 Å². The Bertz CT molecular complexity index is 470. The Balaban J connectivity index is 2.23. The highest BCUT2D eigenvalue weighted by Crippen LogP contribution is 2.25. The summed E-state index contributed by atoms with van der Waals surface area (Å²) in [6.45, 7) is 4.02. The zero-order valence-electron chi connectivity index (χ0n) is 10.5. The van der Waals surface area contributed by atoms with E-state index in [1.165, 1.54) is 4.90 Å². The Kier molecular flexibility index (Phi) is 2.98. The van der Waals surface area contributed by atoms with Gasteiger partial charge in [-0.1, -0.05) is 18.2 Å². The first-order valence-corrected chi connectivity index (χ1v) is 5.82. The largest absolute Gasteiger partial charge is 0.480 e. The van der Waals surface area contributed by atoms with E-state index in [9.17, 15) is 9.59 Å². The van der Waals surface area contributed by atoms with Crippen molar-refractivity contribution in [1.29, 1.82) is 0 Å². The molecule has 2 amide bonds. The molecule has 1 aliphatic rings. The minimum atomic E-state index is -1.18. The zero-order chi connectivity index (χ0) is 13.3. The van der Waals surface area contributed by atoms with Crippen LogP contribution in [0, 0.1) is 0 Å². The summed E-state index contributed by atoms with van der Waals surface area (Å²) in [5.74, 6) is -0.995. The fourth-order valence-electron chi connectivity index (χ4n) is 2.02. The van der Waals surface area contributed by atoms with Crippen LogP contribution in [0.2, 0.25) is 0 Å². The van der Waals surface area contributed by atoms with Gasteiger partial charge in [0.25, 0.3) is 0 Å². The molecule has 0 radical (unpaired) electrons. The average Bonchev–Trinajstić information content (AvgIpc) is 2.72. The van der Waals surface area contributed by atoms with Gasteiger partial charge in [0.2, 0.25) is 0 Å². The minimum absolute atomic E-state index is 0.256. The summed E-state index contributed by atoms with van der Waals surface area (Å²) in [6.07, 6.45) is 0. The van der Waals surface area contributed by atoms with Crippen molar-refractivity contribution in [2.45, 2.75) is 19.4 Å². The Hall–Kier alpha value is -2.04. The van der Waals surface area contributed by atoms with Crippen LogP contribution in [-0.2, 0) is 4.79 Å². The minimum Gasteiger partial charge on any atom is -0.480 e. The van der Waals surface area contributed by atoms with Crippen LogP contribution >= 0.6 is 0 Å². The number of rotatable bonds is 3. The van der Waals surface area contributed by atoms with Crippen LogP contribution < -0.4 is 4.90 Å². The second kappa shape index (κ2) is 4.33. The number of hydrogen-bond acceptors (Lipinski definition) is 2. The number of anilines is 1. The molecule has 1 aliphatic heterocycles. The normalized spacial score (nSPS) is 16.2. The van der Waals surface area contributed by atoms with Gasteiger partial charge >= 0.3 is 12.0 Å². The number of amides is 2. The SMILES string of the molecule is CC(C)(C(=O)O)N1CCN(c2ccccc2)C1=O. The predicted octanol–water partition coefficient (Wildman–Crippen LogP) is 1.79. The predicted molar refractivity (Wildman–Crippen MR) is 67.6 cm³/mol. The van der Waals surface area contributed by atoms with E-state index >= 15 is 0 Å². The topological polar surface area (TPSA) is 60.9 Å². The van der Waals surface area contributed by atoms with E-state index in [4.69, 9.17) is 5.11 Å². The van der Waals surface area contributed by atoms with Crippen molar-refractivity contribution < 1.29 is 14.7 Å². The van der Waals surface area contributed by atoms with Crippen LogP contribution in [0.3, 0.4) is 0 Å². The lowest BCUT2D eigenvalue weighted by atomic mass is 10.0. The van der Waals surface area contributed by atoms with Gasteiger partial charge in [0, 0.05) is 18.8 Å². The van der Waals surface area contributed by atoms with Gasteiger partial charge in [-0.05, 0) is 26.0 Å². The summed E-state index contributed by atoms with van der Waals surface area (Å²) in [7, 11) is 0. The number of carbonyl (C=O) groups is 2. The molecule has 0 unspecified atom stereocenters. The number of carbonyl (C=O) groups excluding carboxylic acids is 1. The molecule has 1 saturated heterocycles. The summed E-state index contributed by atoms with van der Waals surface area (Å²) in [5.41, 5.74) is -0.383. The van der Waals surface area contributed by atoms with Gasteiger partial charge in [0.15, 0.2) is 0 Å². The Morgan fingerprint density at radius 1 is 1.22 bits per heavy atom. The molecule has 0 spiro atoms. The first-order valence-electron chi connectivity index (χ1n) is 5.82. The molecule has 0 atom stereocenters. The number of para-hydroxylation sites is 1. The molecular weight excluding hydrogens is 232 g/mol. The summed E-state index contributed by atoms with van der Waals surface area (Å²) in [6, 6.07) is 9.02. The third-order valence-corrected chi connectivity index (χ3v) is 3.28. The zero-order valence-corrected chi connectivity index (χ0v) is 10.5. The molecular formula is C13H16N2O3. The molecule has 1 aromatic carbocycles. The van der Waals surface area contributed by atoms with Crippen molar-refractivity contribution in [3.63, 3.8) is 0 Å². The molecule has 0 bridgehead atoms. The molecule has 0 aromatic heterocycles. The van der Waals surface area contributed by atoms with Gasteiger partial charge in [-0.2, -0.15) is 0 Å². The standard InChI is InChI=1S/C13H16N2O3/c1-13(2,11(16)17)15-9-8-14(12(15)18)10-6-4-3-5-7-10/h3-7H,8-9H2,1-2H3,(H,16,17). The van der Waals surface area contributed by atoms with Crippen molar-refractivity contribution >= 4 is 17.7 Å². The third-order valence-electron chi connectivity index (χ3n) is 3.28. The lowest BCUT2D eigenvalue weighted by Gasteiger charge is -2.31. The molecule has 18 heavy (non-hydrogen) atoms. The Morgan fingerprint density at radius 3 is 2.39 bits per heavy atom. The number of carboxylic acids is 1. The maximum Gasteiger partial charge on any atom is 0.329 e. The second-order valence-electron chi connectivity index (χ2n) is 4.79. The number of nitrogens with zero attached hydrogens (tertiary/aromatic N) is 2.